The Hall–Kier alpha value is -1.57. The minimum absolute atomic E-state index is 0.0713. The topological polar surface area (TPSA) is 84.1 Å². The Morgan fingerprint density at radius 2 is 1.84 bits per heavy atom. The lowest BCUT2D eigenvalue weighted by Gasteiger charge is -2.10. The molecule has 0 unspecified atom stereocenters. The van der Waals surface area contributed by atoms with E-state index in [9.17, 15) is 13.2 Å². The second-order valence-corrected chi connectivity index (χ2v) is 4.06. The van der Waals surface area contributed by atoms with Gasteiger partial charge in [0.2, 0.25) is 5.95 Å². The van der Waals surface area contributed by atoms with E-state index >= 15 is 0 Å². The van der Waals surface area contributed by atoms with Crippen molar-refractivity contribution in [3.05, 3.63) is 11.8 Å². The number of anilines is 2. The van der Waals surface area contributed by atoms with E-state index in [2.05, 4.69) is 15.3 Å². The zero-order valence-corrected chi connectivity index (χ0v) is 10.4. The van der Waals surface area contributed by atoms with Gasteiger partial charge in [0.05, 0.1) is 0 Å². The van der Waals surface area contributed by atoms with Crippen LogP contribution in [0.2, 0.25) is 0 Å². The molecule has 19 heavy (non-hydrogen) atoms. The SMILES string of the molecule is Nc1nc(NCCCCCCO)cc(C(F)(F)F)n1. The van der Waals surface area contributed by atoms with Crippen LogP contribution in [0.15, 0.2) is 6.07 Å². The first-order valence-corrected chi connectivity index (χ1v) is 6.00. The van der Waals surface area contributed by atoms with Gasteiger partial charge in [-0.15, -0.1) is 0 Å². The highest BCUT2D eigenvalue weighted by atomic mass is 19.4. The van der Waals surface area contributed by atoms with Gasteiger partial charge in [-0.05, 0) is 12.8 Å². The first kappa shape index (κ1) is 15.5. The number of aliphatic hydroxyl groups is 1. The van der Waals surface area contributed by atoms with Crippen molar-refractivity contribution in [2.45, 2.75) is 31.9 Å². The molecule has 0 amide bonds. The van der Waals surface area contributed by atoms with E-state index in [-0.39, 0.29) is 12.4 Å². The van der Waals surface area contributed by atoms with Crippen LogP contribution in [0.3, 0.4) is 0 Å². The summed E-state index contributed by atoms with van der Waals surface area (Å²) in [5.41, 5.74) is 4.18. The van der Waals surface area contributed by atoms with Gasteiger partial charge in [-0.25, -0.2) is 4.98 Å². The van der Waals surface area contributed by atoms with Gasteiger partial charge in [0.1, 0.15) is 5.82 Å². The molecule has 0 aromatic carbocycles. The van der Waals surface area contributed by atoms with Crippen molar-refractivity contribution in [2.75, 3.05) is 24.2 Å². The number of hydrogen-bond donors (Lipinski definition) is 3. The Morgan fingerprint density at radius 3 is 2.47 bits per heavy atom. The van der Waals surface area contributed by atoms with Gasteiger partial charge in [-0.1, -0.05) is 12.8 Å². The fourth-order valence-electron chi connectivity index (χ4n) is 1.51. The number of nitrogens with one attached hydrogen (secondary N) is 1. The molecule has 0 radical (unpaired) electrons. The van der Waals surface area contributed by atoms with E-state index in [1.165, 1.54) is 0 Å². The fourth-order valence-corrected chi connectivity index (χ4v) is 1.51. The molecule has 108 valence electrons. The molecule has 0 saturated carbocycles. The number of nitrogens with two attached hydrogens (primary N) is 1. The van der Waals surface area contributed by atoms with Gasteiger partial charge >= 0.3 is 6.18 Å². The van der Waals surface area contributed by atoms with Crippen LogP contribution in [-0.2, 0) is 6.18 Å². The molecule has 4 N–H and O–H groups in total. The molecule has 0 saturated heterocycles. The maximum Gasteiger partial charge on any atom is 0.433 e. The van der Waals surface area contributed by atoms with E-state index in [1.54, 1.807) is 0 Å². The van der Waals surface area contributed by atoms with Crippen molar-refractivity contribution in [1.82, 2.24) is 9.97 Å². The van der Waals surface area contributed by atoms with Crippen molar-refractivity contribution in [2.24, 2.45) is 0 Å². The molecule has 0 aliphatic rings. The molecular formula is C11H17F3N4O. The molecule has 0 aliphatic carbocycles. The van der Waals surface area contributed by atoms with Crippen molar-refractivity contribution in [3.63, 3.8) is 0 Å². The Balaban J connectivity index is 2.48. The predicted molar refractivity (Wildman–Crippen MR) is 65.5 cm³/mol. The van der Waals surface area contributed by atoms with Gasteiger partial charge in [0.15, 0.2) is 5.69 Å². The van der Waals surface area contributed by atoms with Crippen LogP contribution < -0.4 is 11.1 Å². The van der Waals surface area contributed by atoms with Gasteiger partial charge in [-0.2, -0.15) is 18.2 Å². The zero-order valence-electron chi connectivity index (χ0n) is 10.4. The molecule has 0 fully saturated rings. The van der Waals surface area contributed by atoms with E-state index in [0.29, 0.717) is 6.54 Å². The molecule has 1 aromatic heterocycles. The lowest BCUT2D eigenvalue weighted by molar-refractivity contribution is -0.141. The monoisotopic (exact) mass is 278 g/mol. The van der Waals surface area contributed by atoms with Crippen LogP contribution in [0.4, 0.5) is 24.9 Å². The molecule has 0 spiro atoms. The Bertz CT molecular complexity index is 398. The van der Waals surface area contributed by atoms with Gasteiger partial charge in [0.25, 0.3) is 0 Å². The van der Waals surface area contributed by atoms with E-state index < -0.39 is 17.8 Å². The lowest BCUT2D eigenvalue weighted by atomic mass is 10.2. The second kappa shape index (κ2) is 7.13. The summed E-state index contributed by atoms with van der Waals surface area (Å²) in [6.45, 7) is 0.657. The zero-order chi connectivity index (χ0) is 14.3. The maximum absolute atomic E-state index is 12.5. The summed E-state index contributed by atoms with van der Waals surface area (Å²) in [5.74, 6) is -0.334. The Morgan fingerprint density at radius 1 is 1.16 bits per heavy atom. The molecule has 0 bridgehead atoms. The standard InChI is InChI=1S/C11H17F3N4O/c12-11(13,14)8-7-9(18-10(15)17-8)16-5-3-1-2-4-6-19/h7,19H,1-6H2,(H3,15,16,17,18). The largest absolute Gasteiger partial charge is 0.433 e. The highest BCUT2D eigenvalue weighted by molar-refractivity contribution is 5.41. The molecular weight excluding hydrogens is 261 g/mol. The average molecular weight is 278 g/mol. The third-order valence-corrected chi connectivity index (χ3v) is 2.42. The van der Waals surface area contributed by atoms with Crippen LogP contribution >= 0.6 is 0 Å². The Labute approximate surface area is 109 Å². The van der Waals surface area contributed by atoms with E-state index in [0.717, 1.165) is 31.7 Å². The Kier molecular flexibility index (Phi) is 5.81. The van der Waals surface area contributed by atoms with Gasteiger partial charge in [0, 0.05) is 19.2 Å². The third-order valence-electron chi connectivity index (χ3n) is 2.42. The normalized spacial score (nSPS) is 11.6. The summed E-state index contributed by atoms with van der Waals surface area (Å²) in [5, 5.41) is 11.4. The van der Waals surface area contributed by atoms with Gasteiger partial charge in [-0.3, -0.25) is 0 Å². The predicted octanol–water partition coefficient (Wildman–Crippen LogP) is 2.04. The molecule has 0 atom stereocenters. The van der Waals surface area contributed by atoms with Crippen molar-refractivity contribution in [1.29, 1.82) is 0 Å². The molecule has 5 nitrogen and oxygen atoms in total. The summed E-state index contributed by atoms with van der Waals surface area (Å²) in [6, 6.07) is 0.837. The van der Waals surface area contributed by atoms with Crippen LogP contribution in [0, 0.1) is 0 Å². The third kappa shape index (κ3) is 5.73. The summed E-state index contributed by atoms with van der Waals surface area (Å²) in [6.07, 6.45) is -1.24. The number of rotatable bonds is 7. The number of nitrogens with zero attached hydrogens (tertiary/aromatic N) is 2. The van der Waals surface area contributed by atoms with E-state index in [1.807, 2.05) is 0 Å². The van der Waals surface area contributed by atoms with Crippen LogP contribution in [0.25, 0.3) is 0 Å². The van der Waals surface area contributed by atoms with E-state index in [4.69, 9.17) is 10.8 Å². The molecule has 1 heterocycles. The van der Waals surface area contributed by atoms with Crippen molar-refractivity contribution in [3.8, 4) is 0 Å². The summed E-state index contributed by atoms with van der Waals surface area (Å²) >= 11 is 0. The van der Waals surface area contributed by atoms with Crippen LogP contribution in [0.5, 0.6) is 0 Å². The second-order valence-electron chi connectivity index (χ2n) is 4.06. The highest BCUT2D eigenvalue weighted by Crippen LogP contribution is 2.29. The first-order chi connectivity index (χ1) is 8.93. The lowest BCUT2D eigenvalue weighted by Crippen LogP contribution is -2.13. The summed E-state index contributed by atoms with van der Waals surface area (Å²) < 4.78 is 37.4. The quantitative estimate of drug-likeness (QED) is 0.665. The van der Waals surface area contributed by atoms with Gasteiger partial charge < -0.3 is 16.2 Å². The fraction of sp³-hybridized carbons (Fsp3) is 0.636. The van der Waals surface area contributed by atoms with Crippen molar-refractivity contribution >= 4 is 11.8 Å². The molecule has 0 aliphatic heterocycles. The van der Waals surface area contributed by atoms with Crippen LogP contribution in [0.1, 0.15) is 31.4 Å². The molecule has 8 heteroatoms. The van der Waals surface area contributed by atoms with Crippen molar-refractivity contribution < 1.29 is 18.3 Å². The first-order valence-electron chi connectivity index (χ1n) is 6.00. The summed E-state index contributed by atoms with van der Waals surface area (Å²) in [4.78, 5) is 6.84. The number of hydrogen-bond acceptors (Lipinski definition) is 5. The minimum Gasteiger partial charge on any atom is -0.396 e. The summed E-state index contributed by atoms with van der Waals surface area (Å²) in [7, 11) is 0. The number of nitrogen functional groups attached to an aromatic ring is 1. The number of aromatic nitrogens is 2. The molecule has 1 rings (SSSR count). The minimum atomic E-state index is -4.53. The van der Waals surface area contributed by atoms with Crippen LogP contribution in [-0.4, -0.2) is 28.2 Å². The number of halogens is 3. The average Bonchev–Trinajstić information content (AvgIpc) is 2.32. The maximum atomic E-state index is 12.5. The smallest absolute Gasteiger partial charge is 0.396 e. The number of aliphatic hydroxyl groups excluding tert-OH is 1. The highest BCUT2D eigenvalue weighted by Gasteiger charge is 2.33. The number of unbranched alkanes of at least 4 members (excludes halogenated alkanes) is 3. The molecule has 1 aromatic rings. The number of alkyl halides is 3.